The van der Waals surface area contributed by atoms with E-state index in [4.69, 9.17) is 9.47 Å². The number of fused-ring (bicyclic) bond motifs is 7. The molecule has 2 N–H and O–H groups in total. The van der Waals surface area contributed by atoms with E-state index >= 15 is 0 Å². The standard InChI is InChI=1S/C27H42O5/c1-15-7-11-26(31-14-15)16(2)23-22(32-26)13-20-17-12-21(28)19-6-5-9-27(29,30)25(19,4)18(17)8-10-24(20,23)3/h15-20,22-23,29-30H,5-14H2,1-4H3/t15?,16-,17+,18-,19-,20-,22-,23-,24-,25+,26+/m0/s1. The summed E-state index contributed by atoms with van der Waals surface area (Å²) in [4.78, 5) is 13.4. The van der Waals surface area contributed by atoms with E-state index < -0.39 is 17.0 Å². The van der Waals surface area contributed by atoms with Gasteiger partial charge >= 0.3 is 0 Å². The molecule has 11 atom stereocenters. The Kier molecular flexibility index (Phi) is 4.68. The summed E-state index contributed by atoms with van der Waals surface area (Å²) in [5.74, 6) is 0.200. The van der Waals surface area contributed by atoms with Crippen molar-refractivity contribution < 1.29 is 24.5 Å². The molecule has 1 spiro atoms. The highest BCUT2D eigenvalue weighted by Gasteiger charge is 2.72. The Labute approximate surface area is 192 Å². The third-order valence-electron chi connectivity index (χ3n) is 11.9. The molecule has 5 heteroatoms. The van der Waals surface area contributed by atoms with E-state index in [2.05, 4.69) is 20.8 Å². The Morgan fingerprint density at radius 3 is 2.50 bits per heavy atom. The van der Waals surface area contributed by atoms with E-state index in [1.165, 1.54) is 0 Å². The van der Waals surface area contributed by atoms with Gasteiger partial charge in [0.15, 0.2) is 11.6 Å². The van der Waals surface area contributed by atoms with Gasteiger partial charge in [0, 0.05) is 36.5 Å². The van der Waals surface area contributed by atoms with Gasteiger partial charge in [0.2, 0.25) is 0 Å². The third kappa shape index (κ3) is 2.58. The zero-order valence-electron chi connectivity index (χ0n) is 20.3. The number of aliphatic hydroxyl groups is 2. The molecule has 0 radical (unpaired) electrons. The number of hydrogen-bond donors (Lipinski definition) is 2. The molecule has 4 saturated carbocycles. The van der Waals surface area contributed by atoms with Gasteiger partial charge in [-0.2, -0.15) is 0 Å². The van der Waals surface area contributed by atoms with Gasteiger partial charge in [-0.05, 0) is 73.5 Å². The Bertz CT molecular complexity index is 800. The smallest absolute Gasteiger partial charge is 0.171 e. The molecular formula is C27H42O5. The number of Topliss-reactive ketones (excluding diaryl/α,β-unsaturated/α-hetero) is 1. The van der Waals surface area contributed by atoms with Crippen molar-refractivity contribution in [2.75, 3.05) is 6.61 Å². The van der Waals surface area contributed by atoms with Crippen molar-refractivity contribution in [3.63, 3.8) is 0 Å². The molecule has 4 aliphatic carbocycles. The number of carbonyl (C=O) groups excluding carboxylic acids is 1. The van der Waals surface area contributed by atoms with Gasteiger partial charge in [-0.1, -0.05) is 27.7 Å². The summed E-state index contributed by atoms with van der Waals surface area (Å²) in [6.45, 7) is 9.87. The zero-order valence-corrected chi connectivity index (χ0v) is 20.3. The van der Waals surface area contributed by atoms with Crippen molar-refractivity contribution in [3.05, 3.63) is 0 Å². The molecule has 0 aromatic rings. The summed E-state index contributed by atoms with van der Waals surface area (Å²) in [5.41, 5.74) is -0.590. The highest BCUT2D eigenvalue weighted by molar-refractivity contribution is 5.83. The maximum absolute atomic E-state index is 13.4. The minimum atomic E-state index is -1.74. The molecule has 1 unspecified atom stereocenters. The first-order valence-electron chi connectivity index (χ1n) is 13.3. The van der Waals surface area contributed by atoms with Crippen LogP contribution in [0.15, 0.2) is 0 Å². The second-order valence-corrected chi connectivity index (χ2v) is 13.1. The fraction of sp³-hybridized carbons (Fsp3) is 0.963. The van der Waals surface area contributed by atoms with Crippen LogP contribution >= 0.6 is 0 Å². The Hall–Kier alpha value is -0.490. The third-order valence-corrected chi connectivity index (χ3v) is 11.9. The van der Waals surface area contributed by atoms with Crippen LogP contribution in [0.5, 0.6) is 0 Å². The lowest BCUT2D eigenvalue weighted by molar-refractivity contribution is -0.306. The number of rotatable bonds is 0. The van der Waals surface area contributed by atoms with Gasteiger partial charge in [-0.15, -0.1) is 0 Å². The molecule has 0 bridgehead atoms. The number of carbonyl (C=O) groups is 1. The molecule has 0 aromatic carbocycles. The SMILES string of the molecule is CC1CC[C@@]2(OC1)O[C@H]1C[C@H]3[C@@H]4CC(=O)[C@@H]5CCCC(O)(O)[C@]5(C)[C@H]4CC[C@]3(C)[C@H]1[C@@H]2C. The van der Waals surface area contributed by atoms with Crippen LogP contribution in [-0.2, 0) is 14.3 Å². The van der Waals surface area contributed by atoms with Gasteiger partial charge < -0.3 is 19.7 Å². The molecule has 6 aliphatic rings. The molecule has 6 rings (SSSR count). The molecule has 0 amide bonds. The van der Waals surface area contributed by atoms with Crippen molar-refractivity contribution in [1.29, 1.82) is 0 Å². The number of ether oxygens (including phenoxy) is 2. The molecule has 180 valence electrons. The maximum atomic E-state index is 13.4. The van der Waals surface area contributed by atoms with Gasteiger partial charge in [0.1, 0.15) is 5.78 Å². The summed E-state index contributed by atoms with van der Waals surface area (Å²) in [5, 5.41) is 22.3. The van der Waals surface area contributed by atoms with Gasteiger partial charge in [-0.3, -0.25) is 4.79 Å². The van der Waals surface area contributed by atoms with E-state index in [1.54, 1.807) is 0 Å². The first-order chi connectivity index (χ1) is 15.0. The van der Waals surface area contributed by atoms with Crippen molar-refractivity contribution in [3.8, 4) is 0 Å². The fourth-order valence-electron chi connectivity index (χ4n) is 10.2. The van der Waals surface area contributed by atoms with E-state index in [9.17, 15) is 15.0 Å². The minimum absolute atomic E-state index is 0.132. The molecule has 0 aromatic heterocycles. The minimum Gasteiger partial charge on any atom is -0.365 e. The number of hydrogen-bond acceptors (Lipinski definition) is 5. The van der Waals surface area contributed by atoms with E-state index in [1.807, 2.05) is 6.92 Å². The van der Waals surface area contributed by atoms with Crippen LogP contribution in [0.25, 0.3) is 0 Å². The molecule has 2 saturated heterocycles. The highest BCUT2D eigenvalue weighted by Crippen LogP contribution is 2.71. The lowest BCUT2D eigenvalue weighted by Crippen LogP contribution is -2.65. The van der Waals surface area contributed by atoms with Gasteiger partial charge in [-0.25, -0.2) is 0 Å². The van der Waals surface area contributed by atoms with Crippen molar-refractivity contribution in [2.24, 2.45) is 52.3 Å². The average molecular weight is 447 g/mol. The topological polar surface area (TPSA) is 76.0 Å². The molecule has 2 heterocycles. The zero-order chi connectivity index (χ0) is 22.7. The molecule has 2 aliphatic heterocycles. The second kappa shape index (κ2) is 6.80. The van der Waals surface area contributed by atoms with Crippen molar-refractivity contribution >= 4 is 5.78 Å². The quantitative estimate of drug-likeness (QED) is 0.543. The summed E-state index contributed by atoms with van der Waals surface area (Å²) in [7, 11) is 0. The molecule has 5 nitrogen and oxygen atoms in total. The maximum Gasteiger partial charge on any atom is 0.171 e. The Balaban J connectivity index is 1.32. The summed E-state index contributed by atoms with van der Waals surface area (Å²) in [6, 6.07) is 0. The predicted molar refractivity (Wildman–Crippen MR) is 119 cm³/mol. The Morgan fingerprint density at radius 2 is 1.78 bits per heavy atom. The van der Waals surface area contributed by atoms with E-state index in [-0.39, 0.29) is 35.1 Å². The summed E-state index contributed by atoms with van der Waals surface area (Å²) < 4.78 is 13.2. The summed E-state index contributed by atoms with van der Waals surface area (Å²) in [6.07, 6.45) is 7.98. The fourth-order valence-corrected chi connectivity index (χ4v) is 10.2. The van der Waals surface area contributed by atoms with Crippen LogP contribution in [0.3, 0.4) is 0 Å². The molecule has 32 heavy (non-hydrogen) atoms. The number of ketones is 1. The normalized spacial score (nSPS) is 58.8. The van der Waals surface area contributed by atoms with Gasteiger partial charge in [0.25, 0.3) is 0 Å². The molecule has 6 fully saturated rings. The first-order valence-corrected chi connectivity index (χ1v) is 13.3. The average Bonchev–Trinajstić information content (AvgIpc) is 3.17. The van der Waals surface area contributed by atoms with Crippen molar-refractivity contribution in [2.45, 2.75) is 103 Å². The van der Waals surface area contributed by atoms with Gasteiger partial charge in [0.05, 0.1) is 12.7 Å². The van der Waals surface area contributed by atoms with Crippen LogP contribution in [-0.4, -0.2) is 40.3 Å². The van der Waals surface area contributed by atoms with Crippen molar-refractivity contribution in [1.82, 2.24) is 0 Å². The van der Waals surface area contributed by atoms with Crippen LogP contribution in [0, 0.1) is 52.3 Å². The monoisotopic (exact) mass is 446 g/mol. The lowest BCUT2D eigenvalue weighted by atomic mass is 9.43. The van der Waals surface area contributed by atoms with Crippen LogP contribution in [0.2, 0.25) is 0 Å². The Morgan fingerprint density at radius 1 is 1.00 bits per heavy atom. The van der Waals surface area contributed by atoms with Crippen LogP contribution in [0.4, 0.5) is 0 Å². The van der Waals surface area contributed by atoms with E-state index in [0.717, 1.165) is 51.6 Å². The second-order valence-electron chi connectivity index (χ2n) is 13.1. The lowest BCUT2D eigenvalue weighted by Gasteiger charge is -2.63. The van der Waals surface area contributed by atoms with Crippen LogP contribution in [0.1, 0.15) is 85.5 Å². The van der Waals surface area contributed by atoms with E-state index in [0.29, 0.717) is 36.5 Å². The highest BCUT2D eigenvalue weighted by atomic mass is 16.7. The summed E-state index contributed by atoms with van der Waals surface area (Å²) >= 11 is 0. The van der Waals surface area contributed by atoms with Crippen LogP contribution < -0.4 is 0 Å². The largest absolute Gasteiger partial charge is 0.365 e. The first kappa shape index (κ1) is 22.0. The molecular weight excluding hydrogens is 404 g/mol. The predicted octanol–water partition coefficient (Wildman–Crippen LogP) is 4.29.